The van der Waals surface area contributed by atoms with Crippen LogP contribution in [0.15, 0.2) is 84.3 Å². The van der Waals surface area contributed by atoms with Gasteiger partial charge in [-0.15, -0.1) is 0 Å². The van der Waals surface area contributed by atoms with Crippen molar-refractivity contribution in [2.75, 3.05) is 37.9 Å². The predicted molar refractivity (Wildman–Crippen MR) is 152 cm³/mol. The van der Waals surface area contributed by atoms with Crippen LogP contribution in [-0.4, -0.2) is 48.3 Å². The maximum atomic E-state index is 13.2. The number of hydrogen-bond donors (Lipinski definition) is 1. The molecule has 0 unspecified atom stereocenters. The number of amides is 1. The highest BCUT2D eigenvalue weighted by atomic mass is 16.7. The molecular weight excluding hydrogens is 510 g/mol. The van der Waals surface area contributed by atoms with Gasteiger partial charge < -0.3 is 19.5 Å². The van der Waals surface area contributed by atoms with Crippen LogP contribution in [-0.2, 0) is 9.63 Å². The number of aromatic nitrogens is 2. The van der Waals surface area contributed by atoms with Crippen molar-refractivity contribution in [3.8, 4) is 23.0 Å². The van der Waals surface area contributed by atoms with Gasteiger partial charge >= 0.3 is 0 Å². The quantitative estimate of drug-likeness (QED) is 0.285. The summed E-state index contributed by atoms with van der Waals surface area (Å²) in [5.41, 5.74) is 2.96. The Labute approximate surface area is 232 Å². The second kappa shape index (κ2) is 11.9. The number of nitrogens with zero attached hydrogens (tertiary/aromatic N) is 4. The molecule has 206 valence electrons. The Morgan fingerprint density at radius 3 is 2.48 bits per heavy atom. The van der Waals surface area contributed by atoms with Crippen LogP contribution >= 0.6 is 0 Å². The molecule has 0 radical (unpaired) electrons. The van der Waals surface area contributed by atoms with Crippen LogP contribution in [0.25, 0.3) is 10.9 Å². The number of para-hydroxylation sites is 1. The SMILES string of the molecule is CCCN1C(C)=C(C(=O)Nc2ccc(Oc3ccnc4cc(OC)c(OC)cc34)cn2)CON1c1ccccc1. The average Bonchev–Trinajstić information content (AvgIpc) is 2.99. The Hall–Kier alpha value is -4.83. The summed E-state index contributed by atoms with van der Waals surface area (Å²) in [6.45, 7) is 4.85. The first-order valence-electron chi connectivity index (χ1n) is 12.9. The van der Waals surface area contributed by atoms with Crippen molar-refractivity contribution in [2.24, 2.45) is 0 Å². The molecule has 1 N–H and O–H groups in total. The zero-order chi connectivity index (χ0) is 28.1. The number of nitrogens with one attached hydrogen (secondary N) is 1. The minimum Gasteiger partial charge on any atom is -0.493 e. The van der Waals surface area contributed by atoms with E-state index in [4.69, 9.17) is 19.0 Å². The number of fused-ring (bicyclic) bond motifs is 1. The fraction of sp³-hybridized carbons (Fsp3) is 0.233. The molecule has 2 aromatic carbocycles. The number of anilines is 2. The maximum absolute atomic E-state index is 13.2. The van der Waals surface area contributed by atoms with E-state index in [0.29, 0.717) is 46.5 Å². The standard InChI is InChI=1S/C30H31N5O5/c1-5-15-34-20(2)24(19-39-35(34)21-9-7-6-8-10-21)30(36)33-29-12-11-22(18-32-29)40-26-13-14-31-25-17-28(38-4)27(37-3)16-23(25)26/h6-14,16-18H,5,15,19H2,1-4H3,(H,32,33,36). The lowest BCUT2D eigenvalue weighted by Gasteiger charge is -2.41. The van der Waals surface area contributed by atoms with E-state index in [-0.39, 0.29) is 12.5 Å². The topological polar surface area (TPSA) is 98.3 Å². The Balaban J connectivity index is 1.31. The van der Waals surface area contributed by atoms with Crippen LogP contribution in [0.5, 0.6) is 23.0 Å². The van der Waals surface area contributed by atoms with Crippen LogP contribution in [0.2, 0.25) is 0 Å². The summed E-state index contributed by atoms with van der Waals surface area (Å²) in [4.78, 5) is 28.0. The summed E-state index contributed by atoms with van der Waals surface area (Å²) < 4.78 is 16.9. The molecule has 0 atom stereocenters. The van der Waals surface area contributed by atoms with Gasteiger partial charge in [-0.25, -0.2) is 9.82 Å². The Morgan fingerprint density at radius 2 is 1.77 bits per heavy atom. The van der Waals surface area contributed by atoms with Crippen molar-refractivity contribution in [1.82, 2.24) is 15.0 Å². The molecule has 4 aromatic rings. The van der Waals surface area contributed by atoms with Gasteiger partial charge in [-0.1, -0.05) is 25.1 Å². The van der Waals surface area contributed by atoms with Crippen molar-refractivity contribution in [3.63, 3.8) is 0 Å². The highest BCUT2D eigenvalue weighted by Gasteiger charge is 2.29. The number of carbonyl (C=O) groups excluding carboxylic acids is 1. The molecule has 2 aromatic heterocycles. The summed E-state index contributed by atoms with van der Waals surface area (Å²) in [5.74, 6) is 2.38. The van der Waals surface area contributed by atoms with Crippen LogP contribution in [0.4, 0.5) is 11.5 Å². The second-order valence-electron chi connectivity index (χ2n) is 9.04. The molecular formula is C30H31N5O5. The molecule has 10 heteroatoms. The Morgan fingerprint density at radius 1 is 1.00 bits per heavy atom. The molecule has 0 saturated heterocycles. The number of carbonyl (C=O) groups is 1. The molecule has 1 amide bonds. The van der Waals surface area contributed by atoms with Crippen LogP contribution in [0.3, 0.4) is 0 Å². The molecule has 1 aliphatic rings. The fourth-order valence-corrected chi connectivity index (χ4v) is 4.43. The second-order valence-corrected chi connectivity index (χ2v) is 9.04. The molecule has 1 aliphatic heterocycles. The maximum Gasteiger partial charge on any atom is 0.257 e. The van der Waals surface area contributed by atoms with Crippen molar-refractivity contribution < 1.29 is 23.8 Å². The van der Waals surface area contributed by atoms with Crippen LogP contribution in [0.1, 0.15) is 20.3 Å². The third kappa shape index (κ3) is 5.48. The van der Waals surface area contributed by atoms with Gasteiger partial charge in [0.25, 0.3) is 5.91 Å². The van der Waals surface area contributed by atoms with Gasteiger partial charge in [-0.2, -0.15) is 5.17 Å². The van der Waals surface area contributed by atoms with Gasteiger partial charge in [0, 0.05) is 29.9 Å². The van der Waals surface area contributed by atoms with E-state index in [9.17, 15) is 4.79 Å². The van der Waals surface area contributed by atoms with E-state index in [1.807, 2.05) is 48.3 Å². The molecule has 0 spiro atoms. The molecule has 0 fully saturated rings. The normalized spacial score (nSPS) is 13.4. The number of rotatable bonds is 9. The van der Waals surface area contributed by atoms with E-state index in [1.54, 1.807) is 56.1 Å². The van der Waals surface area contributed by atoms with Crippen molar-refractivity contribution in [1.29, 1.82) is 0 Å². The number of allylic oxidation sites excluding steroid dienone is 1. The third-order valence-corrected chi connectivity index (χ3v) is 6.47. The highest BCUT2D eigenvalue weighted by molar-refractivity contribution is 6.04. The largest absolute Gasteiger partial charge is 0.493 e. The highest BCUT2D eigenvalue weighted by Crippen LogP contribution is 2.37. The number of methoxy groups -OCH3 is 2. The zero-order valence-corrected chi connectivity index (χ0v) is 22.9. The number of benzene rings is 2. The average molecular weight is 542 g/mol. The first-order chi connectivity index (χ1) is 19.5. The van der Waals surface area contributed by atoms with Gasteiger partial charge in [0.2, 0.25) is 0 Å². The monoisotopic (exact) mass is 541 g/mol. The molecule has 3 heterocycles. The van der Waals surface area contributed by atoms with Crippen molar-refractivity contribution >= 4 is 28.3 Å². The summed E-state index contributed by atoms with van der Waals surface area (Å²) in [7, 11) is 3.16. The fourth-order valence-electron chi connectivity index (χ4n) is 4.43. The minimum absolute atomic E-state index is 0.136. The van der Waals surface area contributed by atoms with Gasteiger partial charge in [0.05, 0.1) is 37.2 Å². The number of pyridine rings is 2. The molecule has 40 heavy (non-hydrogen) atoms. The van der Waals surface area contributed by atoms with Crippen molar-refractivity contribution in [3.05, 3.63) is 84.3 Å². The zero-order valence-electron chi connectivity index (χ0n) is 22.9. The summed E-state index contributed by atoms with van der Waals surface area (Å²) in [6.07, 6.45) is 4.10. The number of ether oxygens (including phenoxy) is 3. The summed E-state index contributed by atoms with van der Waals surface area (Å²) >= 11 is 0. The number of hydrogen-bond acceptors (Lipinski definition) is 9. The van der Waals surface area contributed by atoms with Crippen LogP contribution in [0, 0.1) is 0 Å². The molecule has 5 rings (SSSR count). The van der Waals surface area contributed by atoms with E-state index < -0.39 is 0 Å². The van der Waals surface area contributed by atoms with Crippen LogP contribution < -0.4 is 24.7 Å². The Bertz CT molecular complexity index is 1530. The lowest BCUT2D eigenvalue weighted by molar-refractivity contribution is -0.114. The van der Waals surface area contributed by atoms with Gasteiger partial charge in [-0.05, 0) is 49.7 Å². The number of hydrazine groups is 1. The van der Waals surface area contributed by atoms with E-state index in [0.717, 1.165) is 23.2 Å². The lowest BCUT2D eigenvalue weighted by Crippen LogP contribution is -2.47. The van der Waals surface area contributed by atoms with Gasteiger partial charge in [-0.3, -0.25) is 14.8 Å². The lowest BCUT2D eigenvalue weighted by atomic mass is 10.2. The van der Waals surface area contributed by atoms with E-state index in [1.165, 1.54) is 0 Å². The van der Waals surface area contributed by atoms with Gasteiger partial charge in [0.1, 0.15) is 23.9 Å². The first kappa shape index (κ1) is 26.8. The molecule has 0 bridgehead atoms. The molecule has 10 nitrogen and oxygen atoms in total. The van der Waals surface area contributed by atoms with Crippen molar-refractivity contribution in [2.45, 2.75) is 20.3 Å². The smallest absolute Gasteiger partial charge is 0.257 e. The summed E-state index contributed by atoms with van der Waals surface area (Å²) in [5, 5.41) is 7.36. The first-order valence-corrected chi connectivity index (χ1v) is 12.9. The predicted octanol–water partition coefficient (Wildman–Crippen LogP) is 5.73. The molecule has 0 saturated carbocycles. The minimum atomic E-state index is -0.270. The van der Waals surface area contributed by atoms with E-state index >= 15 is 0 Å². The van der Waals surface area contributed by atoms with E-state index in [2.05, 4.69) is 22.2 Å². The molecule has 0 aliphatic carbocycles. The van der Waals surface area contributed by atoms with Gasteiger partial charge in [0.15, 0.2) is 11.5 Å². The Kier molecular flexibility index (Phi) is 7.97. The summed E-state index contributed by atoms with van der Waals surface area (Å²) in [6, 6.07) is 18.6. The third-order valence-electron chi connectivity index (χ3n) is 6.47.